The van der Waals surface area contributed by atoms with Crippen LogP contribution < -0.4 is 4.74 Å². The maximum atomic E-state index is 12.5. The van der Waals surface area contributed by atoms with Crippen LogP contribution in [0.25, 0.3) is 22.4 Å². The molecule has 234 valence electrons. The molecule has 0 aliphatic rings. The maximum Gasteiger partial charge on any atom is 0.573 e. The SMILES string of the molecule is CC(OC(=O)OCC(C)(C)C(=O)OCc1ccccc1)n1nc(C#N)c(-c2cc(Cl)cc(-c3ccc(OC(F)(F)F)cc3)c2)n1. The third-order valence-electron chi connectivity index (χ3n) is 6.24. The fourth-order valence-electron chi connectivity index (χ4n) is 3.93. The molecule has 3 aromatic carbocycles. The van der Waals surface area contributed by atoms with E-state index in [-0.39, 0.29) is 35.4 Å². The predicted molar refractivity (Wildman–Crippen MR) is 154 cm³/mol. The Morgan fingerprint density at radius 1 is 0.956 bits per heavy atom. The number of aromatic nitrogens is 3. The fraction of sp³-hybridized carbons (Fsp3) is 0.258. The molecule has 1 aromatic heterocycles. The number of halogens is 4. The smallest absolute Gasteiger partial charge is 0.460 e. The molecule has 14 heteroatoms. The van der Waals surface area contributed by atoms with Gasteiger partial charge in [0.2, 0.25) is 6.23 Å². The average Bonchev–Trinajstić information content (AvgIpc) is 3.44. The van der Waals surface area contributed by atoms with Crippen LogP contribution in [0.2, 0.25) is 5.02 Å². The summed E-state index contributed by atoms with van der Waals surface area (Å²) < 4.78 is 57.2. The number of carbonyl (C=O) groups is 2. The second-order valence-corrected chi connectivity index (χ2v) is 10.8. The molecule has 0 saturated heterocycles. The van der Waals surface area contributed by atoms with Crippen molar-refractivity contribution in [1.29, 1.82) is 5.26 Å². The quantitative estimate of drug-likeness (QED) is 0.162. The van der Waals surface area contributed by atoms with E-state index in [1.165, 1.54) is 25.1 Å². The van der Waals surface area contributed by atoms with Crippen LogP contribution in [0.15, 0.2) is 72.8 Å². The second kappa shape index (κ2) is 13.7. The summed E-state index contributed by atoms with van der Waals surface area (Å²) in [7, 11) is 0. The van der Waals surface area contributed by atoms with Gasteiger partial charge in [0.1, 0.15) is 30.7 Å². The van der Waals surface area contributed by atoms with E-state index in [1.807, 2.05) is 36.4 Å². The van der Waals surface area contributed by atoms with Crippen LogP contribution in [0.4, 0.5) is 18.0 Å². The van der Waals surface area contributed by atoms with E-state index in [0.717, 1.165) is 22.5 Å². The standard InChI is InChI=1S/C31H26ClF3N4O6/c1-19(44-29(41)43-18-30(2,3)28(40)42-17-20-7-5-4-6-8-20)39-37-26(16-36)27(38-39)23-13-22(14-24(32)15-23)21-9-11-25(12-10-21)45-31(33,34)35/h4-15,19H,17-18H2,1-3H3. The molecule has 1 atom stereocenters. The Morgan fingerprint density at radius 2 is 1.62 bits per heavy atom. The molecule has 0 amide bonds. The van der Waals surface area contributed by atoms with Gasteiger partial charge in [-0.15, -0.1) is 28.2 Å². The molecule has 0 radical (unpaired) electrons. The van der Waals surface area contributed by atoms with Crippen molar-refractivity contribution in [3.05, 3.63) is 89.1 Å². The van der Waals surface area contributed by atoms with Gasteiger partial charge in [-0.1, -0.05) is 54.1 Å². The number of benzene rings is 3. The van der Waals surface area contributed by atoms with Crippen molar-refractivity contribution in [2.75, 3.05) is 6.61 Å². The molecule has 45 heavy (non-hydrogen) atoms. The molecule has 1 heterocycles. The van der Waals surface area contributed by atoms with Crippen LogP contribution in [-0.2, 0) is 25.6 Å². The zero-order valence-corrected chi connectivity index (χ0v) is 24.9. The molecule has 1 unspecified atom stereocenters. The van der Waals surface area contributed by atoms with Crippen molar-refractivity contribution >= 4 is 23.7 Å². The van der Waals surface area contributed by atoms with E-state index in [1.54, 1.807) is 26.0 Å². The first kappa shape index (κ1) is 32.8. The molecule has 4 aromatic rings. The number of alkyl halides is 3. The van der Waals surface area contributed by atoms with Crippen molar-refractivity contribution < 1.29 is 41.7 Å². The topological polar surface area (TPSA) is 126 Å². The van der Waals surface area contributed by atoms with E-state index in [0.29, 0.717) is 16.7 Å². The zero-order valence-electron chi connectivity index (χ0n) is 24.2. The Labute approximate surface area is 260 Å². The highest BCUT2D eigenvalue weighted by atomic mass is 35.5. The average molecular weight is 643 g/mol. The molecule has 0 fully saturated rings. The first-order valence-corrected chi connectivity index (χ1v) is 13.7. The molecular formula is C31H26ClF3N4O6. The van der Waals surface area contributed by atoms with E-state index in [9.17, 15) is 28.0 Å². The Hall–Kier alpha value is -5.09. The predicted octanol–water partition coefficient (Wildman–Crippen LogP) is 7.48. The highest BCUT2D eigenvalue weighted by molar-refractivity contribution is 6.31. The molecule has 0 bridgehead atoms. The van der Waals surface area contributed by atoms with E-state index in [2.05, 4.69) is 14.9 Å². The van der Waals surface area contributed by atoms with E-state index in [4.69, 9.17) is 25.8 Å². The molecule has 0 saturated carbocycles. The number of hydrogen-bond donors (Lipinski definition) is 0. The highest BCUT2D eigenvalue weighted by Crippen LogP contribution is 2.33. The molecule has 0 aliphatic carbocycles. The number of nitrogens with zero attached hydrogens (tertiary/aromatic N) is 4. The summed E-state index contributed by atoms with van der Waals surface area (Å²) in [4.78, 5) is 26.0. The number of esters is 1. The van der Waals surface area contributed by atoms with Crippen LogP contribution in [-0.4, -0.2) is 40.1 Å². The lowest BCUT2D eigenvalue weighted by Crippen LogP contribution is -2.33. The van der Waals surface area contributed by atoms with E-state index < -0.39 is 30.1 Å². The van der Waals surface area contributed by atoms with Gasteiger partial charge in [-0.3, -0.25) is 4.79 Å². The van der Waals surface area contributed by atoms with Crippen LogP contribution in [0.1, 0.15) is 38.3 Å². The summed E-state index contributed by atoms with van der Waals surface area (Å²) in [6, 6.07) is 20.9. The number of nitriles is 1. The largest absolute Gasteiger partial charge is 0.573 e. The molecule has 0 N–H and O–H groups in total. The van der Waals surface area contributed by atoms with Gasteiger partial charge >= 0.3 is 18.5 Å². The van der Waals surface area contributed by atoms with Gasteiger partial charge in [-0.25, -0.2) is 4.79 Å². The van der Waals surface area contributed by atoms with Gasteiger partial charge in [0.05, 0.1) is 5.41 Å². The van der Waals surface area contributed by atoms with Crippen LogP contribution in [0.5, 0.6) is 5.75 Å². The first-order chi connectivity index (χ1) is 21.2. The fourth-order valence-corrected chi connectivity index (χ4v) is 4.17. The summed E-state index contributed by atoms with van der Waals surface area (Å²) >= 11 is 6.32. The van der Waals surface area contributed by atoms with Gasteiger partial charge in [0.15, 0.2) is 5.69 Å². The molecule has 10 nitrogen and oxygen atoms in total. The van der Waals surface area contributed by atoms with Crippen molar-refractivity contribution in [2.45, 2.75) is 40.0 Å². The van der Waals surface area contributed by atoms with Crippen molar-refractivity contribution in [3.8, 4) is 34.2 Å². The summed E-state index contributed by atoms with van der Waals surface area (Å²) in [6.07, 6.45) is -7.05. The minimum Gasteiger partial charge on any atom is -0.460 e. The van der Waals surface area contributed by atoms with E-state index >= 15 is 0 Å². The Bertz CT molecular complexity index is 1700. The van der Waals surface area contributed by atoms with Crippen LogP contribution in [0, 0.1) is 16.7 Å². The van der Waals surface area contributed by atoms with Crippen molar-refractivity contribution in [3.63, 3.8) is 0 Å². The monoisotopic (exact) mass is 642 g/mol. The third-order valence-corrected chi connectivity index (χ3v) is 6.45. The maximum absolute atomic E-state index is 12.5. The minimum atomic E-state index is -4.82. The van der Waals surface area contributed by atoms with Crippen LogP contribution in [0.3, 0.4) is 0 Å². The molecule has 0 aliphatic heterocycles. The summed E-state index contributed by atoms with van der Waals surface area (Å²) in [5.74, 6) is -0.960. The lowest BCUT2D eigenvalue weighted by molar-refractivity contribution is -0.274. The lowest BCUT2D eigenvalue weighted by atomic mass is 9.95. The Kier molecular flexibility index (Phi) is 9.98. The summed E-state index contributed by atoms with van der Waals surface area (Å²) in [5, 5.41) is 18.4. The molecule has 4 rings (SSSR count). The normalized spacial score (nSPS) is 12.1. The molecule has 0 spiro atoms. The highest BCUT2D eigenvalue weighted by Gasteiger charge is 2.33. The number of rotatable bonds is 10. The van der Waals surface area contributed by atoms with Gasteiger partial charge in [0, 0.05) is 10.6 Å². The number of hydrogen-bond acceptors (Lipinski definition) is 9. The number of carbonyl (C=O) groups excluding carboxylic acids is 2. The summed E-state index contributed by atoms with van der Waals surface area (Å²) in [6.45, 7) is 4.29. The minimum absolute atomic E-state index is 0.0659. The Balaban J connectivity index is 1.42. The Morgan fingerprint density at radius 3 is 2.27 bits per heavy atom. The van der Waals surface area contributed by atoms with Gasteiger partial charge in [-0.05, 0) is 67.8 Å². The van der Waals surface area contributed by atoms with Gasteiger partial charge in [-0.2, -0.15) is 5.26 Å². The second-order valence-electron chi connectivity index (χ2n) is 10.3. The number of ether oxygens (including phenoxy) is 4. The van der Waals surface area contributed by atoms with Crippen molar-refractivity contribution in [2.24, 2.45) is 5.41 Å². The van der Waals surface area contributed by atoms with Gasteiger partial charge < -0.3 is 18.9 Å². The van der Waals surface area contributed by atoms with Crippen molar-refractivity contribution in [1.82, 2.24) is 15.0 Å². The summed E-state index contributed by atoms with van der Waals surface area (Å²) in [5.41, 5.74) is 1.06. The first-order valence-electron chi connectivity index (χ1n) is 13.3. The molecular weight excluding hydrogens is 617 g/mol. The van der Waals surface area contributed by atoms with Crippen LogP contribution >= 0.6 is 11.6 Å². The third kappa shape index (κ3) is 8.96. The zero-order chi connectivity index (χ0) is 32.8. The lowest BCUT2D eigenvalue weighted by Gasteiger charge is -2.22. The van der Waals surface area contributed by atoms with Gasteiger partial charge in [0.25, 0.3) is 0 Å².